The molecule has 0 unspecified atom stereocenters. The number of rotatable bonds is 4. The number of carbonyl (C=O) groups excluding carboxylic acids is 1. The molecule has 0 fully saturated rings. The summed E-state index contributed by atoms with van der Waals surface area (Å²) < 4.78 is 10.9. The minimum atomic E-state index is -0.343. The van der Waals surface area contributed by atoms with Crippen molar-refractivity contribution in [3.8, 4) is 11.5 Å². The third-order valence-electron chi connectivity index (χ3n) is 4.76. The van der Waals surface area contributed by atoms with Gasteiger partial charge in [0.2, 0.25) is 0 Å². The molecule has 0 radical (unpaired) electrons. The molecule has 0 aromatic heterocycles. The van der Waals surface area contributed by atoms with Crippen LogP contribution in [0.15, 0.2) is 72.8 Å². The van der Waals surface area contributed by atoms with Gasteiger partial charge in [-0.25, -0.2) is 4.79 Å². The summed E-state index contributed by atoms with van der Waals surface area (Å²) in [6, 6.07) is 21.0. The number of carbonyl (C=O) groups is 1. The van der Waals surface area contributed by atoms with Crippen LogP contribution in [0.2, 0.25) is 5.02 Å². The Labute approximate surface area is 174 Å². The number of nitrogens with zero attached hydrogens (tertiary/aromatic N) is 1. The number of fused-ring (bicyclic) bond motifs is 2. The Bertz CT molecular complexity index is 1080. The van der Waals surface area contributed by atoms with Crippen molar-refractivity contribution in [1.82, 2.24) is 0 Å². The van der Waals surface area contributed by atoms with Crippen LogP contribution in [0, 0.1) is 0 Å². The molecule has 0 saturated carbocycles. The van der Waals surface area contributed by atoms with E-state index in [1.54, 1.807) is 6.07 Å². The maximum atomic E-state index is 11.7. The Morgan fingerprint density at radius 3 is 2.83 bits per heavy atom. The number of anilines is 1. The first kappa shape index (κ1) is 19.1. The summed E-state index contributed by atoms with van der Waals surface area (Å²) in [6.45, 7) is 1.36. The van der Waals surface area contributed by atoms with E-state index in [9.17, 15) is 4.79 Å². The van der Waals surface area contributed by atoms with Gasteiger partial charge < -0.3 is 14.4 Å². The lowest BCUT2D eigenvalue weighted by Gasteiger charge is -2.22. The smallest absolute Gasteiger partial charge is 0.337 e. The molecule has 29 heavy (non-hydrogen) atoms. The Balaban J connectivity index is 1.60. The molecule has 0 amide bonds. The molecular weight excluding hydrogens is 386 g/mol. The van der Waals surface area contributed by atoms with Gasteiger partial charge in [0.15, 0.2) is 5.75 Å². The molecule has 1 heterocycles. The van der Waals surface area contributed by atoms with E-state index >= 15 is 0 Å². The van der Waals surface area contributed by atoms with Crippen molar-refractivity contribution in [3.63, 3.8) is 0 Å². The fourth-order valence-corrected chi connectivity index (χ4v) is 3.50. The molecule has 0 saturated heterocycles. The van der Waals surface area contributed by atoms with Gasteiger partial charge >= 0.3 is 5.97 Å². The molecule has 4 rings (SSSR count). The van der Waals surface area contributed by atoms with Crippen LogP contribution < -0.4 is 9.64 Å². The molecule has 5 heteroatoms. The summed E-state index contributed by atoms with van der Waals surface area (Å²) in [5.41, 5.74) is 3.53. The summed E-state index contributed by atoms with van der Waals surface area (Å²) in [4.78, 5) is 13.9. The van der Waals surface area contributed by atoms with Crippen molar-refractivity contribution in [2.24, 2.45) is 0 Å². The lowest BCUT2D eigenvalue weighted by Crippen LogP contribution is -2.21. The van der Waals surface area contributed by atoms with Crippen molar-refractivity contribution in [2.75, 3.05) is 18.6 Å². The summed E-state index contributed by atoms with van der Waals surface area (Å²) >= 11 is 6.25. The number of hydrogen-bond acceptors (Lipinski definition) is 4. The molecule has 1 aliphatic heterocycles. The maximum Gasteiger partial charge on any atom is 0.337 e. The molecular formula is C24H20ClNO3. The molecule has 1 aliphatic rings. The quantitative estimate of drug-likeness (QED) is 0.502. The fraction of sp³-hybridized carbons (Fsp3) is 0.125. The highest BCUT2D eigenvalue weighted by atomic mass is 35.5. The second kappa shape index (κ2) is 8.41. The first-order valence-electron chi connectivity index (χ1n) is 9.29. The molecule has 4 nitrogen and oxygen atoms in total. The number of hydrogen-bond donors (Lipinski definition) is 0. The Morgan fingerprint density at radius 2 is 1.97 bits per heavy atom. The number of benzene rings is 3. The van der Waals surface area contributed by atoms with Crippen molar-refractivity contribution < 1.29 is 14.3 Å². The van der Waals surface area contributed by atoms with Crippen LogP contribution in [0.4, 0.5) is 5.69 Å². The third-order valence-corrected chi connectivity index (χ3v) is 4.99. The zero-order chi connectivity index (χ0) is 20.2. The SMILES string of the molecule is COC(=O)c1cccc(C=CCN2Cc3ccccc3Oc3ccc(Cl)cc32)c1. The lowest BCUT2D eigenvalue weighted by atomic mass is 10.1. The minimum absolute atomic E-state index is 0.343. The van der Waals surface area contributed by atoms with Crippen LogP contribution in [0.3, 0.4) is 0 Å². The van der Waals surface area contributed by atoms with Gasteiger partial charge in [-0.3, -0.25) is 0 Å². The van der Waals surface area contributed by atoms with Gasteiger partial charge in [-0.15, -0.1) is 0 Å². The topological polar surface area (TPSA) is 38.8 Å². The van der Waals surface area contributed by atoms with E-state index in [0.717, 1.165) is 28.3 Å². The van der Waals surface area contributed by atoms with Crippen LogP contribution in [-0.2, 0) is 11.3 Å². The van der Waals surface area contributed by atoms with Gasteiger partial charge in [0.1, 0.15) is 5.75 Å². The van der Waals surface area contributed by atoms with Crippen LogP contribution in [0.25, 0.3) is 6.08 Å². The summed E-state index contributed by atoms with van der Waals surface area (Å²) in [6.07, 6.45) is 4.06. The number of ether oxygens (including phenoxy) is 2. The van der Waals surface area contributed by atoms with Gasteiger partial charge in [0.25, 0.3) is 0 Å². The molecule has 0 atom stereocenters. The second-order valence-corrected chi connectivity index (χ2v) is 7.16. The average molecular weight is 406 g/mol. The zero-order valence-electron chi connectivity index (χ0n) is 16.0. The standard InChI is InChI=1S/C24H20ClNO3/c1-28-24(27)18-9-4-6-17(14-18)7-5-13-26-16-19-8-2-3-10-22(19)29-23-12-11-20(25)15-21(23)26/h2-12,14-15H,13,16H2,1H3. The summed E-state index contributed by atoms with van der Waals surface area (Å²) in [5.74, 6) is 1.29. The summed E-state index contributed by atoms with van der Waals surface area (Å²) in [5, 5.41) is 0.665. The monoisotopic (exact) mass is 405 g/mol. The molecule has 0 bridgehead atoms. The number of halogens is 1. The average Bonchev–Trinajstić information content (AvgIpc) is 2.90. The van der Waals surface area contributed by atoms with Crippen molar-refractivity contribution in [2.45, 2.75) is 6.54 Å². The van der Waals surface area contributed by atoms with Crippen LogP contribution in [0.1, 0.15) is 21.5 Å². The molecule has 0 spiro atoms. The highest BCUT2D eigenvalue weighted by Gasteiger charge is 2.20. The first-order chi connectivity index (χ1) is 14.1. The maximum absolute atomic E-state index is 11.7. The highest BCUT2D eigenvalue weighted by Crippen LogP contribution is 2.40. The van der Waals surface area contributed by atoms with Gasteiger partial charge in [-0.2, -0.15) is 0 Å². The van der Waals surface area contributed by atoms with Crippen LogP contribution in [0.5, 0.6) is 11.5 Å². The van der Waals surface area contributed by atoms with Gasteiger partial charge in [0.05, 0.1) is 18.4 Å². The van der Waals surface area contributed by atoms with E-state index < -0.39 is 0 Å². The highest BCUT2D eigenvalue weighted by molar-refractivity contribution is 6.31. The fourth-order valence-electron chi connectivity index (χ4n) is 3.33. The van der Waals surface area contributed by atoms with E-state index in [1.165, 1.54) is 7.11 Å². The molecule has 0 aliphatic carbocycles. The summed E-state index contributed by atoms with van der Waals surface area (Å²) in [7, 11) is 1.38. The second-order valence-electron chi connectivity index (χ2n) is 6.72. The number of methoxy groups -OCH3 is 1. The Kier molecular flexibility index (Phi) is 5.54. The van der Waals surface area contributed by atoms with E-state index in [1.807, 2.05) is 60.7 Å². The molecule has 3 aromatic carbocycles. The Hall–Kier alpha value is -3.24. The van der Waals surface area contributed by atoms with Crippen LogP contribution in [-0.4, -0.2) is 19.6 Å². The number of para-hydroxylation sites is 1. The first-order valence-corrected chi connectivity index (χ1v) is 9.67. The predicted molar refractivity (Wildman–Crippen MR) is 116 cm³/mol. The van der Waals surface area contributed by atoms with Crippen LogP contribution >= 0.6 is 11.6 Å². The molecule has 0 N–H and O–H groups in total. The largest absolute Gasteiger partial charge is 0.465 e. The zero-order valence-corrected chi connectivity index (χ0v) is 16.7. The van der Waals surface area contributed by atoms with E-state index in [-0.39, 0.29) is 5.97 Å². The van der Waals surface area contributed by atoms with Crippen molar-refractivity contribution in [3.05, 3.63) is 94.5 Å². The van der Waals surface area contributed by atoms with E-state index in [2.05, 4.69) is 17.0 Å². The third kappa shape index (κ3) is 4.28. The molecule has 146 valence electrons. The normalized spacial score (nSPS) is 12.7. The van der Waals surface area contributed by atoms with E-state index in [4.69, 9.17) is 21.1 Å². The minimum Gasteiger partial charge on any atom is -0.465 e. The van der Waals surface area contributed by atoms with Gasteiger partial charge in [-0.05, 0) is 42.0 Å². The van der Waals surface area contributed by atoms with Crippen molar-refractivity contribution in [1.29, 1.82) is 0 Å². The van der Waals surface area contributed by atoms with Crippen molar-refractivity contribution >= 4 is 29.3 Å². The van der Waals surface area contributed by atoms with Gasteiger partial charge in [0, 0.05) is 23.7 Å². The number of esters is 1. The van der Waals surface area contributed by atoms with E-state index in [0.29, 0.717) is 23.7 Å². The molecule has 3 aromatic rings. The Morgan fingerprint density at radius 1 is 1.10 bits per heavy atom. The van der Waals surface area contributed by atoms with Gasteiger partial charge in [-0.1, -0.05) is 54.1 Å². The predicted octanol–water partition coefficient (Wildman–Crippen LogP) is 5.95. The lowest BCUT2D eigenvalue weighted by molar-refractivity contribution is 0.0600.